The highest BCUT2D eigenvalue weighted by Crippen LogP contribution is 2.48. The molecule has 2 aromatic carbocycles. The van der Waals surface area contributed by atoms with Gasteiger partial charge in [-0.2, -0.15) is 9.61 Å². The van der Waals surface area contributed by atoms with E-state index in [1.807, 2.05) is 22.7 Å². The van der Waals surface area contributed by atoms with Gasteiger partial charge in [0.2, 0.25) is 5.91 Å². The number of nitrogens with one attached hydrogen (secondary N) is 1. The molecule has 2 atom stereocenters. The Balaban J connectivity index is 1.15. The van der Waals surface area contributed by atoms with Gasteiger partial charge in [0.15, 0.2) is 5.65 Å². The highest BCUT2D eigenvalue weighted by Gasteiger charge is 2.46. The quantitative estimate of drug-likeness (QED) is 0.361. The molecule has 6 rings (SSSR count). The number of benzene rings is 2. The number of carbonyl (C=O) groups excluding carboxylic acids is 1. The zero-order valence-electron chi connectivity index (χ0n) is 19.7. The standard InChI is InChI=1S/C28H28BrN5O/c1-18-7-5-6-10-21(18)25-16-26(34-27(32-25)24(29)17-30-34)31-20-11-13-33(14-12-20)28(35)23-15-22(23)19-8-3-2-4-9-19/h2-10,16-17,20,22-23,31H,11-15H2,1H3/t22-,23+/m0/s1. The Morgan fingerprint density at radius 3 is 2.57 bits per heavy atom. The van der Waals surface area contributed by atoms with Gasteiger partial charge in [0.25, 0.3) is 0 Å². The summed E-state index contributed by atoms with van der Waals surface area (Å²) in [5.74, 6) is 1.79. The number of hydrogen-bond donors (Lipinski definition) is 1. The summed E-state index contributed by atoms with van der Waals surface area (Å²) in [6.07, 6.45) is 4.60. The van der Waals surface area contributed by atoms with Gasteiger partial charge in [0, 0.05) is 36.7 Å². The van der Waals surface area contributed by atoms with Gasteiger partial charge in [-0.05, 0) is 59.2 Å². The molecule has 1 N–H and O–H groups in total. The van der Waals surface area contributed by atoms with Crippen LogP contribution in [-0.4, -0.2) is 44.5 Å². The number of anilines is 1. The number of amides is 1. The molecule has 0 radical (unpaired) electrons. The SMILES string of the molecule is Cc1ccccc1-c1cc(NC2CCN(C(=O)[C@@H]3C[C@H]3c3ccccc3)CC2)n2ncc(Br)c2n1. The second-order valence-electron chi connectivity index (χ2n) is 9.67. The van der Waals surface area contributed by atoms with Gasteiger partial charge in [-0.1, -0.05) is 54.6 Å². The lowest BCUT2D eigenvalue weighted by Gasteiger charge is -2.33. The zero-order chi connectivity index (χ0) is 23.9. The first-order valence-electron chi connectivity index (χ1n) is 12.3. The van der Waals surface area contributed by atoms with Crippen LogP contribution in [0.5, 0.6) is 0 Å². The first kappa shape index (κ1) is 22.3. The van der Waals surface area contributed by atoms with E-state index in [0.717, 1.165) is 59.5 Å². The Morgan fingerprint density at radius 1 is 1.06 bits per heavy atom. The minimum Gasteiger partial charge on any atom is -0.367 e. The predicted molar refractivity (Wildman–Crippen MR) is 141 cm³/mol. The van der Waals surface area contributed by atoms with Crippen molar-refractivity contribution in [2.24, 2.45) is 5.92 Å². The van der Waals surface area contributed by atoms with Crippen molar-refractivity contribution in [2.45, 2.75) is 38.1 Å². The Labute approximate surface area is 213 Å². The first-order valence-corrected chi connectivity index (χ1v) is 13.1. The minimum atomic E-state index is 0.153. The van der Waals surface area contributed by atoms with E-state index in [1.54, 1.807) is 6.20 Å². The number of hydrogen-bond acceptors (Lipinski definition) is 4. The maximum Gasteiger partial charge on any atom is 0.226 e. The summed E-state index contributed by atoms with van der Waals surface area (Å²) in [6, 6.07) is 21.1. The van der Waals surface area contributed by atoms with Crippen molar-refractivity contribution in [3.05, 3.63) is 82.5 Å². The maximum absolute atomic E-state index is 13.1. The second kappa shape index (κ2) is 9.11. The number of likely N-dealkylation sites (tertiary alicyclic amines) is 1. The average molecular weight is 530 g/mol. The number of fused-ring (bicyclic) bond motifs is 1. The lowest BCUT2D eigenvalue weighted by Crippen LogP contribution is -2.43. The van der Waals surface area contributed by atoms with Gasteiger partial charge in [-0.25, -0.2) is 4.98 Å². The van der Waals surface area contributed by atoms with Crippen LogP contribution in [0.1, 0.15) is 36.3 Å². The molecule has 3 heterocycles. The molecule has 0 bridgehead atoms. The minimum absolute atomic E-state index is 0.153. The van der Waals surface area contributed by atoms with Crippen molar-refractivity contribution in [1.82, 2.24) is 19.5 Å². The van der Waals surface area contributed by atoms with Crippen LogP contribution in [0.15, 0.2) is 71.3 Å². The molecule has 2 fully saturated rings. The number of nitrogens with zero attached hydrogens (tertiary/aromatic N) is 4. The van der Waals surface area contributed by atoms with Crippen molar-refractivity contribution < 1.29 is 4.79 Å². The van der Waals surface area contributed by atoms with Crippen LogP contribution in [0.4, 0.5) is 5.82 Å². The maximum atomic E-state index is 13.1. The summed E-state index contributed by atoms with van der Waals surface area (Å²) in [6.45, 7) is 3.68. The summed E-state index contributed by atoms with van der Waals surface area (Å²) in [5.41, 5.74) is 5.31. The van der Waals surface area contributed by atoms with E-state index >= 15 is 0 Å². The predicted octanol–water partition coefficient (Wildman–Crippen LogP) is 5.67. The zero-order valence-corrected chi connectivity index (χ0v) is 21.3. The van der Waals surface area contributed by atoms with Crippen molar-refractivity contribution in [1.29, 1.82) is 0 Å². The van der Waals surface area contributed by atoms with Crippen LogP contribution in [0.25, 0.3) is 16.9 Å². The molecule has 2 aliphatic rings. The van der Waals surface area contributed by atoms with Crippen molar-refractivity contribution in [3.63, 3.8) is 0 Å². The van der Waals surface area contributed by atoms with Crippen LogP contribution in [-0.2, 0) is 4.79 Å². The highest BCUT2D eigenvalue weighted by molar-refractivity contribution is 9.10. The van der Waals surface area contributed by atoms with Gasteiger partial charge >= 0.3 is 0 Å². The van der Waals surface area contributed by atoms with Crippen LogP contribution in [0, 0.1) is 12.8 Å². The second-order valence-corrected chi connectivity index (χ2v) is 10.5. The van der Waals surface area contributed by atoms with Crippen molar-refractivity contribution >= 4 is 33.3 Å². The lowest BCUT2D eigenvalue weighted by atomic mass is 10.0. The molecule has 6 nitrogen and oxygen atoms in total. The molecule has 1 aliphatic carbocycles. The number of piperidine rings is 1. The summed E-state index contributed by atoms with van der Waals surface area (Å²) in [4.78, 5) is 20.0. The molecule has 1 saturated carbocycles. The van der Waals surface area contributed by atoms with E-state index in [0.29, 0.717) is 11.8 Å². The monoisotopic (exact) mass is 529 g/mol. The molecule has 1 amide bonds. The van der Waals surface area contributed by atoms with Gasteiger partial charge in [-0.3, -0.25) is 4.79 Å². The largest absolute Gasteiger partial charge is 0.367 e. The number of aryl methyl sites for hydroxylation is 1. The molecule has 178 valence electrons. The van der Waals surface area contributed by atoms with Crippen LogP contribution >= 0.6 is 15.9 Å². The number of aromatic nitrogens is 3. The van der Waals surface area contributed by atoms with Crippen LogP contribution in [0.2, 0.25) is 0 Å². The van der Waals surface area contributed by atoms with E-state index in [9.17, 15) is 4.79 Å². The van der Waals surface area contributed by atoms with Gasteiger partial charge in [0.1, 0.15) is 5.82 Å². The van der Waals surface area contributed by atoms with Crippen molar-refractivity contribution in [3.8, 4) is 11.3 Å². The summed E-state index contributed by atoms with van der Waals surface area (Å²) >= 11 is 3.60. The third-order valence-corrected chi connectivity index (χ3v) is 7.90. The third kappa shape index (κ3) is 4.33. The average Bonchev–Trinajstić information content (AvgIpc) is 3.61. The fraction of sp³-hybridized carbons (Fsp3) is 0.321. The Kier molecular flexibility index (Phi) is 5.80. The summed E-state index contributed by atoms with van der Waals surface area (Å²) in [7, 11) is 0. The fourth-order valence-electron chi connectivity index (χ4n) is 5.26. The lowest BCUT2D eigenvalue weighted by molar-refractivity contribution is -0.133. The molecule has 0 unspecified atom stereocenters. The molecule has 1 saturated heterocycles. The third-order valence-electron chi connectivity index (χ3n) is 7.34. The summed E-state index contributed by atoms with van der Waals surface area (Å²) in [5, 5.41) is 8.24. The number of carbonyl (C=O) groups is 1. The van der Waals surface area contributed by atoms with Crippen LogP contribution < -0.4 is 5.32 Å². The van der Waals surface area contributed by atoms with E-state index < -0.39 is 0 Å². The van der Waals surface area contributed by atoms with Gasteiger partial charge in [-0.15, -0.1) is 0 Å². The molecule has 1 aliphatic heterocycles. The smallest absolute Gasteiger partial charge is 0.226 e. The number of rotatable bonds is 5. The highest BCUT2D eigenvalue weighted by atomic mass is 79.9. The molecular formula is C28H28BrN5O. The van der Waals surface area contributed by atoms with E-state index in [4.69, 9.17) is 4.98 Å². The molecule has 7 heteroatoms. The Hall–Kier alpha value is -3.19. The molecular weight excluding hydrogens is 502 g/mol. The molecule has 35 heavy (non-hydrogen) atoms. The topological polar surface area (TPSA) is 62.5 Å². The first-order chi connectivity index (χ1) is 17.1. The molecule has 2 aromatic heterocycles. The van der Waals surface area contributed by atoms with Gasteiger partial charge in [0.05, 0.1) is 16.4 Å². The van der Waals surface area contributed by atoms with Gasteiger partial charge < -0.3 is 10.2 Å². The van der Waals surface area contributed by atoms with E-state index in [2.05, 4.69) is 80.6 Å². The van der Waals surface area contributed by atoms with Crippen molar-refractivity contribution in [2.75, 3.05) is 18.4 Å². The Morgan fingerprint density at radius 2 is 1.80 bits per heavy atom. The summed E-state index contributed by atoms with van der Waals surface area (Å²) < 4.78 is 2.73. The van der Waals surface area contributed by atoms with E-state index in [1.165, 1.54) is 11.1 Å². The normalized spacial score (nSPS) is 20.2. The van der Waals surface area contributed by atoms with Crippen LogP contribution in [0.3, 0.4) is 0 Å². The Bertz CT molecular complexity index is 1380. The molecule has 4 aromatic rings. The molecule has 0 spiro atoms. The fourth-order valence-corrected chi connectivity index (χ4v) is 5.61. The van der Waals surface area contributed by atoms with E-state index in [-0.39, 0.29) is 12.0 Å². The number of halogens is 1.